The van der Waals surface area contributed by atoms with Gasteiger partial charge in [0.15, 0.2) is 0 Å². The van der Waals surface area contributed by atoms with Gasteiger partial charge in [-0.1, -0.05) is 29.8 Å². The second-order valence-electron chi connectivity index (χ2n) is 2.97. The molecule has 0 aliphatic carbocycles. The highest BCUT2D eigenvalue weighted by Crippen LogP contribution is 2.25. The molecular formula is C11H9ClN2. The molecule has 3 heteroatoms. The Bertz CT molecular complexity index is 455. The lowest BCUT2D eigenvalue weighted by Crippen LogP contribution is -1.89. The molecule has 0 N–H and O–H groups in total. The summed E-state index contributed by atoms with van der Waals surface area (Å²) < 4.78 is 0. The number of aromatic nitrogens is 2. The first-order valence-electron chi connectivity index (χ1n) is 4.32. The predicted octanol–water partition coefficient (Wildman–Crippen LogP) is 3.11. The number of nitrogens with zero attached hydrogens (tertiary/aromatic N) is 2. The van der Waals surface area contributed by atoms with Gasteiger partial charge < -0.3 is 0 Å². The molecule has 2 rings (SSSR count). The van der Waals surface area contributed by atoms with Gasteiger partial charge in [-0.25, -0.2) is 9.97 Å². The van der Waals surface area contributed by atoms with E-state index in [1.165, 1.54) is 0 Å². The standard InChI is InChI=1S/C11H9ClN2/c1-8-13-7-6-11(14-8)9-4-2-3-5-10(9)12/h2-7H,1H3. The normalized spacial score (nSPS) is 10.1. The lowest BCUT2D eigenvalue weighted by atomic mass is 10.1. The Morgan fingerprint density at radius 2 is 1.93 bits per heavy atom. The van der Waals surface area contributed by atoms with E-state index in [-0.39, 0.29) is 0 Å². The molecular weight excluding hydrogens is 196 g/mol. The smallest absolute Gasteiger partial charge is 0.125 e. The van der Waals surface area contributed by atoms with Crippen LogP contribution < -0.4 is 0 Å². The number of halogens is 1. The first-order chi connectivity index (χ1) is 6.77. The van der Waals surface area contributed by atoms with Crippen LogP contribution in [0.5, 0.6) is 0 Å². The summed E-state index contributed by atoms with van der Waals surface area (Å²) in [6.45, 7) is 1.86. The van der Waals surface area contributed by atoms with Gasteiger partial charge in [0.05, 0.1) is 5.69 Å². The SMILES string of the molecule is Cc1nccc(-c2ccccc2Cl)n1. The minimum atomic E-state index is 0.714. The maximum absolute atomic E-state index is 6.05. The van der Waals surface area contributed by atoms with Crippen molar-refractivity contribution in [1.82, 2.24) is 9.97 Å². The molecule has 0 radical (unpaired) electrons. The fourth-order valence-corrected chi connectivity index (χ4v) is 1.51. The Balaban J connectivity index is 2.55. The Kier molecular flexibility index (Phi) is 2.46. The molecule has 0 fully saturated rings. The quantitative estimate of drug-likeness (QED) is 0.714. The topological polar surface area (TPSA) is 25.8 Å². The van der Waals surface area contributed by atoms with Crippen molar-refractivity contribution in [1.29, 1.82) is 0 Å². The molecule has 2 aromatic rings. The first kappa shape index (κ1) is 9.16. The van der Waals surface area contributed by atoms with Gasteiger partial charge in [-0.2, -0.15) is 0 Å². The van der Waals surface area contributed by atoms with Gasteiger partial charge in [-0.05, 0) is 19.1 Å². The van der Waals surface area contributed by atoms with Crippen LogP contribution in [0.2, 0.25) is 5.02 Å². The summed E-state index contributed by atoms with van der Waals surface area (Å²) in [5, 5.41) is 0.714. The van der Waals surface area contributed by atoms with Crippen LogP contribution in [0.15, 0.2) is 36.5 Å². The third kappa shape index (κ3) is 1.75. The second-order valence-corrected chi connectivity index (χ2v) is 3.38. The van der Waals surface area contributed by atoms with Crippen LogP contribution in [-0.2, 0) is 0 Å². The van der Waals surface area contributed by atoms with Crippen LogP contribution >= 0.6 is 11.6 Å². The third-order valence-corrected chi connectivity index (χ3v) is 2.26. The monoisotopic (exact) mass is 204 g/mol. The Morgan fingerprint density at radius 3 is 2.64 bits per heavy atom. The minimum absolute atomic E-state index is 0.714. The second kappa shape index (κ2) is 3.76. The summed E-state index contributed by atoms with van der Waals surface area (Å²) >= 11 is 6.05. The van der Waals surface area contributed by atoms with Gasteiger partial charge in [-0.15, -0.1) is 0 Å². The fraction of sp³-hybridized carbons (Fsp3) is 0.0909. The number of rotatable bonds is 1. The lowest BCUT2D eigenvalue weighted by Gasteiger charge is -2.02. The van der Waals surface area contributed by atoms with E-state index in [1.54, 1.807) is 6.20 Å². The van der Waals surface area contributed by atoms with Gasteiger partial charge >= 0.3 is 0 Å². The fourth-order valence-electron chi connectivity index (χ4n) is 1.28. The predicted molar refractivity (Wildman–Crippen MR) is 57.2 cm³/mol. The summed E-state index contributed by atoms with van der Waals surface area (Å²) in [4.78, 5) is 8.35. The summed E-state index contributed by atoms with van der Waals surface area (Å²) in [7, 11) is 0. The molecule has 70 valence electrons. The van der Waals surface area contributed by atoms with Crippen LogP contribution in [0.1, 0.15) is 5.82 Å². The maximum Gasteiger partial charge on any atom is 0.125 e. The van der Waals surface area contributed by atoms with E-state index in [9.17, 15) is 0 Å². The molecule has 14 heavy (non-hydrogen) atoms. The zero-order valence-corrected chi connectivity index (χ0v) is 8.49. The maximum atomic E-state index is 6.05. The zero-order valence-electron chi connectivity index (χ0n) is 7.74. The van der Waals surface area contributed by atoms with E-state index < -0.39 is 0 Å². The van der Waals surface area contributed by atoms with Crippen molar-refractivity contribution in [2.24, 2.45) is 0 Å². The van der Waals surface area contributed by atoms with E-state index in [4.69, 9.17) is 11.6 Å². The number of hydrogen-bond donors (Lipinski definition) is 0. The minimum Gasteiger partial charge on any atom is -0.242 e. The van der Waals surface area contributed by atoms with Gasteiger partial charge in [-0.3, -0.25) is 0 Å². The highest BCUT2D eigenvalue weighted by molar-refractivity contribution is 6.33. The molecule has 2 nitrogen and oxygen atoms in total. The molecule has 1 aromatic carbocycles. The van der Waals surface area contributed by atoms with Crippen molar-refractivity contribution < 1.29 is 0 Å². The molecule has 1 heterocycles. The van der Waals surface area contributed by atoms with E-state index >= 15 is 0 Å². The van der Waals surface area contributed by atoms with Crippen LogP contribution in [0, 0.1) is 6.92 Å². The lowest BCUT2D eigenvalue weighted by molar-refractivity contribution is 1.06. The Labute approximate surface area is 87.6 Å². The van der Waals surface area contributed by atoms with E-state index in [0.717, 1.165) is 17.1 Å². The van der Waals surface area contributed by atoms with E-state index in [0.29, 0.717) is 5.02 Å². The first-order valence-corrected chi connectivity index (χ1v) is 4.70. The molecule has 0 unspecified atom stereocenters. The highest BCUT2D eigenvalue weighted by atomic mass is 35.5. The number of benzene rings is 1. The van der Waals surface area contributed by atoms with Crippen molar-refractivity contribution in [3.63, 3.8) is 0 Å². The third-order valence-electron chi connectivity index (χ3n) is 1.93. The van der Waals surface area contributed by atoms with Crippen LogP contribution in [-0.4, -0.2) is 9.97 Å². The van der Waals surface area contributed by atoms with Crippen molar-refractivity contribution in [3.8, 4) is 11.3 Å². The largest absolute Gasteiger partial charge is 0.242 e. The van der Waals surface area contributed by atoms with Crippen LogP contribution in [0.3, 0.4) is 0 Å². The summed E-state index contributed by atoms with van der Waals surface area (Å²) in [5.74, 6) is 0.752. The van der Waals surface area contributed by atoms with E-state index in [1.807, 2.05) is 37.3 Å². The Morgan fingerprint density at radius 1 is 1.14 bits per heavy atom. The molecule has 0 spiro atoms. The zero-order chi connectivity index (χ0) is 9.97. The van der Waals surface area contributed by atoms with Crippen LogP contribution in [0.25, 0.3) is 11.3 Å². The molecule has 0 bridgehead atoms. The molecule has 0 saturated carbocycles. The summed E-state index contributed by atoms with van der Waals surface area (Å²) in [5.41, 5.74) is 1.81. The summed E-state index contributed by atoms with van der Waals surface area (Å²) in [6.07, 6.45) is 1.74. The van der Waals surface area contributed by atoms with Crippen LogP contribution in [0.4, 0.5) is 0 Å². The molecule has 0 amide bonds. The molecule has 0 saturated heterocycles. The highest BCUT2D eigenvalue weighted by Gasteiger charge is 2.03. The van der Waals surface area contributed by atoms with Crippen molar-refractivity contribution in [3.05, 3.63) is 47.4 Å². The average molecular weight is 205 g/mol. The molecule has 0 aliphatic heterocycles. The molecule has 0 aliphatic rings. The Hall–Kier alpha value is -1.41. The van der Waals surface area contributed by atoms with Gasteiger partial charge in [0.25, 0.3) is 0 Å². The van der Waals surface area contributed by atoms with Gasteiger partial charge in [0.2, 0.25) is 0 Å². The molecule has 1 aromatic heterocycles. The number of hydrogen-bond acceptors (Lipinski definition) is 2. The van der Waals surface area contributed by atoms with Crippen molar-refractivity contribution in [2.75, 3.05) is 0 Å². The molecule has 0 atom stereocenters. The average Bonchev–Trinajstić information content (AvgIpc) is 2.18. The van der Waals surface area contributed by atoms with E-state index in [2.05, 4.69) is 9.97 Å². The van der Waals surface area contributed by atoms with Gasteiger partial charge in [0, 0.05) is 16.8 Å². The van der Waals surface area contributed by atoms with Crippen molar-refractivity contribution in [2.45, 2.75) is 6.92 Å². The summed E-state index contributed by atoms with van der Waals surface area (Å²) in [6, 6.07) is 9.51. The number of aryl methyl sites for hydroxylation is 1. The van der Waals surface area contributed by atoms with Gasteiger partial charge in [0.1, 0.15) is 5.82 Å². The van der Waals surface area contributed by atoms with Crippen molar-refractivity contribution >= 4 is 11.6 Å².